The van der Waals surface area contributed by atoms with Crippen LogP contribution in [0.15, 0.2) is 42.7 Å². The van der Waals surface area contributed by atoms with Gasteiger partial charge >= 0.3 is 12.1 Å². The molecule has 4 rings (SSSR count). The lowest BCUT2D eigenvalue weighted by Gasteiger charge is -2.13. The Labute approximate surface area is 169 Å². The first-order valence-electron chi connectivity index (χ1n) is 9.24. The minimum atomic E-state index is -4.48. The molecule has 0 bridgehead atoms. The first-order chi connectivity index (χ1) is 14.2. The van der Waals surface area contributed by atoms with E-state index in [4.69, 9.17) is 4.74 Å². The number of halogens is 3. The van der Waals surface area contributed by atoms with Gasteiger partial charge in [-0.1, -0.05) is 0 Å². The summed E-state index contributed by atoms with van der Waals surface area (Å²) >= 11 is 0. The Morgan fingerprint density at radius 3 is 2.50 bits per heavy atom. The summed E-state index contributed by atoms with van der Waals surface area (Å²) in [5.41, 5.74) is 1.13. The third-order valence-electron chi connectivity index (χ3n) is 5.21. The topological polar surface area (TPSA) is 88.1 Å². The zero-order valence-electron chi connectivity index (χ0n) is 16.0. The average molecular weight is 417 g/mol. The summed E-state index contributed by atoms with van der Waals surface area (Å²) in [6.07, 6.45) is -1.03. The van der Waals surface area contributed by atoms with Crippen LogP contribution in [0.25, 0.3) is 22.6 Å². The van der Waals surface area contributed by atoms with E-state index in [-0.39, 0.29) is 12.4 Å². The molecule has 2 heterocycles. The number of hydrogen-bond donors (Lipinski definition) is 2. The van der Waals surface area contributed by atoms with Crippen LogP contribution in [0, 0.1) is 12.3 Å². The van der Waals surface area contributed by atoms with Gasteiger partial charge in [0.25, 0.3) is 0 Å². The molecule has 2 aromatic heterocycles. The average Bonchev–Trinajstić information content (AvgIpc) is 3.32. The minimum Gasteiger partial charge on any atom is -0.492 e. The molecule has 1 aliphatic rings. The van der Waals surface area contributed by atoms with E-state index in [9.17, 15) is 23.1 Å². The predicted molar refractivity (Wildman–Crippen MR) is 102 cm³/mol. The van der Waals surface area contributed by atoms with Crippen LogP contribution in [-0.4, -0.2) is 32.6 Å². The molecule has 0 saturated heterocycles. The lowest BCUT2D eigenvalue weighted by molar-refractivity contribution is -0.144. The highest BCUT2D eigenvalue weighted by Gasteiger charge is 2.51. The molecule has 0 unspecified atom stereocenters. The highest BCUT2D eigenvalue weighted by Crippen LogP contribution is 2.46. The number of carboxylic acids is 1. The smallest absolute Gasteiger partial charge is 0.432 e. The van der Waals surface area contributed by atoms with Gasteiger partial charge in [0.1, 0.15) is 29.3 Å². The number of carbonyl (C=O) groups is 1. The maximum absolute atomic E-state index is 12.7. The molecule has 30 heavy (non-hydrogen) atoms. The number of ether oxygens (including phenoxy) is 1. The Bertz CT molecular complexity index is 1090. The van der Waals surface area contributed by atoms with E-state index in [0.717, 1.165) is 17.3 Å². The number of H-pyrrole nitrogens is 1. The molecule has 1 fully saturated rings. The molecule has 0 aliphatic heterocycles. The summed E-state index contributed by atoms with van der Waals surface area (Å²) in [6, 6.07) is 8.73. The predicted octanol–water partition coefficient (Wildman–Crippen LogP) is 4.71. The van der Waals surface area contributed by atoms with E-state index in [2.05, 4.69) is 15.0 Å². The van der Waals surface area contributed by atoms with Crippen molar-refractivity contribution in [2.24, 2.45) is 5.41 Å². The summed E-state index contributed by atoms with van der Waals surface area (Å²) in [7, 11) is 0. The fraction of sp³-hybridized carbons (Fsp3) is 0.286. The lowest BCUT2D eigenvalue weighted by atomic mass is 10.0. The number of aliphatic carboxylic acids is 1. The van der Waals surface area contributed by atoms with Gasteiger partial charge in [-0.3, -0.25) is 9.78 Å². The molecule has 0 spiro atoms. The van der Waals surface area contributed by atoms with Gasteiger partial charge in [-0.15, -0.1) is 0 Å². The highest BCUT2D eigenvalue weighted by molar-refractivity contribution is 5.78. The molecular weight excluding hydrogens is 399 g/mol. The monoisotopic (exact) mass is 417 g/mol. The molecule has 0 atom stereocenters. The van der Waals surface area contributed by atoms with Crippen LogP contribution in [0.4, 0.5) is 13.2 Å². The second-order valence-corrected chi connectivity index (χ2v) is 7.43. The zero-order chi connectivity index (χ0) is 21.5. The first kappa shape index (κ1) is 19.9. The number of carboxylic acid groups (broad SMARTS) is 1. The molecule has 9 heteroatoms. The van der Waals surface area contributed by atoms with Crippen LogP contribution in [-0.2, 0) is 11.0 Å². The van der Waals surface area contributed by atoms with Crippen molar-refractivity contribution in [2.75, 3.05) is 6.61 Å². The van der Waals surface area contributed by atoms with E-state index in [0.29, 0.717) is 29.8 Å². The molecule has 2 N–H and O–H groups in total. The number of nitrogens with one attached hydrogen (secondary N) is 1. The lowest BCUT2D eigenvalue weighted by Crippen LogP contribution is -2.22. The molecule has 3 aromatic rings. The maximum atomic E-state index is 12.7. The van der Waals surface area contributed by atoms with E-state index in [1.54, 1.807) is 18.2 Å². The summed E-state index contributed by atoms with van der Waals surface area (Å²) < 4.78 is 43.8. The molecule has 1 aromatic carbocycles. The van der Waals surface area contributed by atoms with Crippen molar-refractivity contribution in [2.45, 2.75) is 25.9 Å². The number of benzene rings is 1. The van der Waals surface area contributed by atoms with Crippen molar-refractivity contribution in [1.29, 1.82) is 0 Å². The second kappa shape index (κ2) is 7.16. The van der Waals surface area contributed by atoms with Gasteiger partial charge < -0.3 is 14.8 Å². The van der Waals surface area contributed by atoms with E-state index in [1.807, 2.05) is 19.1 Å². The van der Waals surface area contributed by atoms with Gasteiger partial charge in [0, 0.05) is 17.3 Å². The van der Waals surface area contributed by atoms with Crippen LogP contribution >= 0.6 is 0 Å². The van der Waals surface area contributed by atoms with Gasteiger partial charge in [0.2, 0.25) is 0 Å². The van der Waals surface area contributed by atoms with Gasteiger partial charge in [-0.25, -0.2) is 4.98 Å². The SMILES string of the molecule is Cc1cc(OCC2(C(=O)O)CC2)ccc1-c1ccc(-c2ncc(C(F)(F)F)[nH]2)cn1. The molecular formula is C21H18F3N3O3. The van der Waals surface area contributed by atoms with Crippen LogP contribution in [0.3, 0.4) is 0 Å². The zero-order valence-corrected chi connectivity index (χ0v) is 16.0. The summed E-state index contributed by atoms with van der Waals surface area (Å²) in [5, 5.41) is 9.22. The van der Waals surface area contributed by atoms with Crippen LogP contribution in [0.2, 0.25) is 0 Å². The minimum absolute atomic E-state index is 0.0919. The van der Waals surface area contributed by atoms with E-state index in [1.165, 1.54) is 6.20 Å². The number of alkyl halides is 3. The quantitative estimate of drug-likeness (QED) is 0.607. The largest absolute Gasteiger partial charge is 0.492 e. The number of aromatic amines is 1. The molecule has 1 aliphatic carbocycles. The Hall–Kier alpha value is -3.36. The molecule has 6 nitrogen and oxygen atoms in total. The number of hydrogen-bond acceptors (Lipinski definition) is 4. The van der Waals surface area contributed by atoms with Crippen molar-refractivity contribution in [1.82, 2.24) is 15.0 Å². The van der Waals surface area contributed by atoms with Crippen molar-refractivity contribution >= 4 is 5.97 Å². The number of imidazole rings is 1. The van der Waals surface area contributed by atoms with E-state index < -0.39 is 23.3 Å². The molecule has 156 valence electrons. The number of aryl methyl sites for hydroxylation is 1. The van der Waals surface area contributed by atoms with Gasteiger partial charge in [0.15, 0.2) is 0 Å². The fourth-order valence-corrected chi connectivity index (χ4v) is 3.11. The third-order valence-corrected chi connectivity index (χ3v) is 5.21. The van der Waals surface area contributed by atoms with Crippen molar-refractivity contribution in [3.8, 4) is 28.4 Å². The maximum Gasteiger partial charge on any atom is 0.432 e. The van der Waals surface area contributed by atoms with E-state index >= 15 is 0 Å². The number of rotatable bonds is 6. The summed E-state index contributed by atoms with van der Waals surface area (Å²) in [5.74, 6) is -0.163. The van der Waals surface area contributed by atoms with Crippen LogP contribution < -0.4 is 4.74 Å². The first-order valence-corrected chi connectivity index (χ1v) is 9.24. The Morgan fingerprint density at radius 2 is 1.97 bits per heavy atom. The second-order valence-electron chi connectivity index (χ2n) is 7.43. The van der Waals surface area contributed by atoms with Gasteiger partial charge in [-0.05, 0) is 55.7 Å². The Kier molecular flexibility index (Phi) is 4.76. The van der Waals surface area contributed by atoms with Crippen molar-refractivity contribution in [3.63, 3.8) is 0 Å². The van der Waals surface area contributed by atoms with Gasteiger partial charge in [0.05, 0.1) is 11.9 Å². The molecule has 0 amide bonds. The molecule has 1 saturated carbocycles. The van der Waals surface area contributed by atoms with Crippen LogP contribution in [0.1, 0.15) is 24.1 Å². The van der Waals surface area contributed by atoms with Crippen LogP contribution in [0.5, 0.6) is 5.75 Å². The normalized spacial score (nSPS) is 15.1. The van der Waals surface area contributed by atoms with Gasteiger partial charge in [-0.2, -0.15) is 13.2 Å². The molecule has 0 radical (unpaired) electrons. The fourth-order valence-electron chi connectivity index (χ4n) is 3.11. The third kappa shape index (κ3) is 3.87. The van der Waals surface area contributed by atoms with Crippen molar-refractivity contribution in [3.05, 3.63) is 54.0 Å². The number of pyridine rings is 1. The van der Waals surface area contributed by atoms with Crippen molar-refractivity contribution < 1.29 is 27.8 Å². The summed E-state index contributed by atoms with van der Waals surface area (Å²) in [6.45, 7) is 2.02. The highest BCUT2D eigenvalue weighted by atomic mass is 19.4. The Balaban J connectivity index is 1.49. The number of aromatic nitrogens is 3. The standard InChI is InChI=1S/C21H18F3N3O3/c1-12-8-14(30-11-20(6-7-20)19(28)29)3-4-15(12)16-5-2-13(9-25-16)18-26-10-17(27-18)21(22,23)24/h2-5,8-10H,6-7,11H2,1H3,(H,26,27)(H,28,29). The summed E-state index contributed by atoms with van der Waals surface area (Å²) in [4.78, 5) is 21.6. The number of nitrogens with zero attached hydrogens (tertiary/aromatic N) is 2. The Morgan fingerprint density at radius 1 is 1.20 bits per heavy atom.